The molecule has 0 radical (unpaired) electrons. The molecule has 0 aliphatic carbocycles. The van der Waals surface area contributed by atoms with Crippen molar-refractivity contribution in [1.29, 1.82) is 0 Å². The minimum Gasteiger partial charge on any atom is -0.383 e. The van der Waals surface area contributed by atoms with E-state index >= 15 is 0 Å². The molecular formula is C21H19FN4O. The van der Waals surface area contributed by atoms with Gasteiger partial charge in [0.05, 0.1) is 5.56 Å². The van der Waals surface area contributed by atoms with Gasteiger partial charge in [0.25, 0.3) is 5.91 Å². The topological polar surface area (TPSA) is 70.7 Å². The van der Waals surface area contributed by atoms with E-state index in [2.05, 4.69) is 16.2 Å². The fourth-order valence-corrected chi connectivity index (χ4v) is 3.66. The molecule has 0 aromatic heterocycles. The Morgan fingerprint density at radius 2 is 1.93 bits per heavy atom. The van der Waals surface area contributed by atoms with Crippen LogP contribution >= 0.6 is 0 Å². The normalized spacial score (nSPS) is 17.5. The summed E-state index contributed by atoms with van der Waals surface area (Å²) in [6.45, 7) is 1.06. The molecule has 5 nitrogen and oxygen atoms in total. The number of amidine groups is 1. The summed E-state index contributed by atoms with van der Waals surface area (Å²) in [5.41, 5.74) is 7.75. The van der Waals surface area contributed by atoms with Crippen molar-refractivity contribution in [2.24, 2.45) is 10.7 Å². The van der Waals surface area contributed by atoms with E-state index in [1.165, 1.54) is 6.07 Å². The van der Waals surface area contributed by atoms with E-state index < -0.39 is 5.66 Å². The third kappa shape index (κ3) is 3.02. The second kappa shape index (κ2) is 6.44. The van der Waals surface area contributed by atoms with Gasteiger partial charge in [-0.2, -0.15) is 0 Å². The standard InChI is InChI=1S/C21H19FN4O/c1-2-14-6-8-15(9-7-14)20(27)26-12-10-21(11-13-26)24-17-5-3-4-16(22)18(17)19(23)25-21/h1,3-9,24H,10-13H2,(H2,23,25). The molecule has 2 aromatic rings. The maximum absolute atomic E-state index is 14.0. The molecule has 0 bridgehead atoms. The quantitative estimate of drug-likeness (QED) is 0.766. The van der Waals surface area contributed by atoms with Gasteiger partial charge in [-0.15, -0.1) is 6.42 Å². The van der Waals surface area contributed by atoms with E-state index in [0.29, 0.717) is 42.7 Å². The molecule has 1 amide bonds. The summed E-state index contributed by atoms with van der Waals surface area (Å²) >= 11 is 0. The maximum atomic E-state index is 14.0. The van der Waals surface area contributed by atoms with Crippen LogP contribution in [0.4, 0.5) is 10.1 Å². The van der Waals surface area contributed by atoms with E-state index in [0.717, 1.165) is 5.56 Å². The number of benzene rings is 2. The molecule has 2 aliphatic heterocycles. The second-order valence-corrected chi connectivity index (χ2v) is 6.83. The monoisotopic (exact) mass is 362 g/mol. The van der Waals surface area contributed by atoms with Crippen molar-refractivity contribution in [1.82, 2.24) is 4.90 Å². The van der Waals surface area contributed by atoms with E-state index in [9.17, 15) is 9.18 Å². The molecule has 4 rings (SSSR count). The zero-order chi connectivity index (χ0) is 19.0. The highest BCUT2D eigenvalue weighted by Gasteiger charge is 2.39. The lowest BCUT2D eigenvalue weighted by atomic mass is 9.93. The number of halogens is 1. The number of nitrogens with zero attached hydrogens (tertiary/aromatic N) is 2. The fraction of sp³-hybridized carbons (Fsp3) is 0.238. The number of carbonyl (C=O) groups is 1. The van der Waals surface area contributed by atoms with Gasteiger partial charge in [0, 0.05) is 42.7 Å². The van der Waals surface area contributed by atoms with Crippen LogP contribution in [-0.2, 0) is 0 Å². The number of piperidine rings is 1. The average molecular weight is 362 g/mol. The number of amides is 1. The smallest absolute Gasteiger partial charge is 0.253 e. The summed E-state index contributed by atoms with van der Waals surface area (Å²) < 4.78 is 14.0. The molecular weight excluding hydrogens is 343 g/mol. The number of hydrogen-bond acceptors (Lipinski definition) is 4. The van der Waals surface area contributed by atoms with Crippen molar-refractivity contribution >= 4 is 17.4 Å². The molecule has 1 fully saturated rings. The summed E-state index contributed by atoms with van der Waals surface area (Å²) in [5, 5.41) is 3.33. The molecule has 0 saturated carbocycles. The van der Waals surface area contributed by atoms with Crippen molar-refractivity contribution in [2.75, 3.05) is 18.4 Å². The number of nitrogens with one attached hydrogen (secondary N) is 1. The lowest BCUT2D eigenvalue weighted by Crippen LogP contribution is -2.52. The van der Waals surface area contributed by atoms with Gasteiger partial charge in [-0.3, -0.25) is 4.79 Å². The van der Waals surface area contributed by atoms with E-state index in [1.54, 1.807) is 41.3 Å². The number of likely N-dealkylation sites (tertiary alicyclic amines) is 1. The van der Waals surface area contributed by atoms with E-state index in [1.807, 2.05) is 0 Å². The van der Waals surface area contributed by atoms with Crippen molar-refractivity contribution in [3.05, 3.63) is 65.0 Å². The Bertz CT molecular complexity index is 967. The number of fused-ring (bicyclic) bond motifs is 1. The molecule has 2 aromatic carbocycles. The highest BCUT2D eigenvalue weighted by molar-refractivity contribution is 6.04. The number of nitrogens with two attached hydrogens (primary N) is 1. The van der Waals surface area contributed by atoms with Crippen molar-refractivity contribution in [3.8, 4) is 12.3 Å². The molecule has 0 unspecified atom stereocenters. The van der Waals surface area contributed by atoms with Crippen LogP contribution in [0.3, 0.4) is 0 Å². The number of aliphatic imine (C=N–C) groups is 1. The molecule has 2 aliphatic rings. The number of carbonyl (C=O) groups excluding carboxylic acids is 1. The first-order valence-electron chi connectivity index (χ1n) is 8.80. The lowest BCUT2D eigenvalue weighted by molar-refractivity contribution is 0.0685. The summed E-state index contributed by atoms with van der Waals surface area (Å²) in [6, 6.07) is 11.8. The largest absolute Gasteiger partial charge is 0.383 e. The molecule has 136 valence electrons. The van der Waals surface area contributed by atoms with Gasteiger partial charge in [-0.25, -0.2) is 9.38 Å². The molecule has 6 heteroatoms. The van der Waals surface area contributed by atoms with Crippen LogP contribution < -0.4 is 11.1 Å². The van der Waals surface area contributed by atoms with E-state index in [4.69, 9.17) is 12.2 Å². The minimum atomic E-state index is -0.602. The Kier molecular flexibility index (Phi) is 4.08. The minimum absolute atomic E-state index is 0.0346. The van der Waals surface area contributed by atoms with Gasteiger partial charge in [0.2, 0.25) is 0 Å². The average Bonchev–Trinajstić information content (AvgIpc) is 2.68. The number of rotatable bonds is 1. The highest BCUT2D eigenvalue weighted by Crippen LogP contribution is 2.35. The lowest BCUT2D eigenvalue weighted by Gasteiger charge is -2.42. The Labute approximate surface area is 157 Å². The Hall–Kier alpha value is -3.33. The van der Waals surface area contributed by atoms with Gasteiger partial charge in [-0.05, 0) is 36.4 Å². The van der Waals surface area contributed by atoms with Crippen molar-refractivity contribution < 1.29 is 9.18 Å². The van der Waals surface area contributed by atoms with Crippen LogP contribution in [0.15, 0.2) is 47.5 Å². The van der Waals surface area contributed by atoms with Crippen LogP contribution in [0.2, 0.25) is 0 Å². The number of terminal acetylenes is 1. The molecule has 3 N–H and O–H groups in total. The maximum Gasteiger partial charge on any atom is 0.253 e. The van der Waals surface area contributed by atoms with Gasteiger partial charge in [0.1, 0.15) is 17.3 Å². The van der Waals surface area contributed by atoms with Gasteiger partial charge in [-0.1, -0.05) is 12.0 Å². The molecule has 0 atom stereocenters. The predicted molar refractivity (Wildman–Crippen MR) is 103 cm³/mol. The van der Waals surface area contributed by atoms with Gasteiger partial charge < -0.3 is 16.0 Å². The van der Waals surface area contributed by atoms with Gasteiger partial charge >= 0.3 is 0 Å². The molecule has 1 saturated heterocycles. The SMILES string of the molecule is C#Cc1ccc(C(=O)N2CCC3(CC2)N=C(N)c2c(F)cccc2N3)cc1. The van der Waals surface area contributed by atoms with Crippen molar-refractivity contribution in [3.63, 3.8) is 0 Å². The summed E-state index contributed by atoms with van der Waals surface area (Å²) in [7, 11) is 0. The fourth-order valence-electron chi connectivity index (χ4n) is 3.66. The first-order valence-corrected chi connectivity index (χ1v) is 8.80. The molecule has 1 spiro atoms. The van der Waals surface area contributed by atoms with Crippen LogP contribution in [0.5, 0.6) is 0 Å². The summed E-state index contributed by atoms with van der Waals surface area (Å²) in [4.78, 5) is 19.1. The summed E-state index contributed by atoms with van der Waals surface area (Å²) in [5.74, 6) is 2.32. The Morgan fingerprint density at radius 3 is 2.59 bits per heavy atom. The van der Waals surface area contributed by atoms with Crippen LogP contribution in [0, 0.1) is 18.2 Å². The molecule has 2 heterocycles. The van der Waals surface area contributed by atoms with Crippen LogP contribution in [-0.4, -0.2) is 35.4 Å². The van der Waals surface area contributed by atoms with Crippen molar-refractivity contribution in [2.45, 2.75) is 18.5 Å². The first kappa shape index (κ1) is 17.1. The Balaban J connectivity index is 1.50. The van der Waals surface area contributed by atoms with Gasteiger partial charge in [0.15, 0.2) is 0 Å². The van der Waals surface area contributed by atoms with Crippen LogP contribution in [0.1, 0.15) is 34.3 Å². The predicted octanol–water partition coefficient (Wildman–Crippen LogP) is 2.57. The van der Waals surface area contributed by atoms with Crippen LogP contribution in [0.25, 0.3) is 0 Å². The molecule has 27 heavy (non-hydrogen) atoms. The zero-order valence-corrected chi connectivity index (χ0v) is 14.7. The number of hydrogen-bond donors (Lipinski definition) is 2. The zero-order valence-electron chi connectivity index (χ0n) is 14.7. The Morgan fingerprint density at radius 1 is 1.22 bits per heavy atom. The van der Waals surface area contributed by atoms with E-state index in [-0.39, 0.29) is 17.6 Å². The summed E-state index contributed by atoms with van der Waals surface area (Å²) in [6.07, 6.45) is 6.54. The third-order valence-electron chi connectivity index (χ3n) is 5.15. The highest BCUT2D eigenvalue weighted by atomic mass is 19.1. The first-order chi connectivity index (χ1) is 13.0. The number of anilines is 1. The third-order valence-corrected chi connectivity index (χ3v) is 5.15. The second-order valence-electron chi connectivity index (χ2n) is 6.83.